The first-order valence-corrected chi connectivity index (χ1v) is 6.80. The van der Waals surface area contributed by atoms with Crippen LogP contribution in [0.3, 0.4) is 0 Å². The van der Waals surface area contributed by atoms with Crippen LogP contribution in [0.15, 0.2) is 67.0 Å². The SMILES string of the molecule is Cc1cc[n+](-c2ccc3[nH]c4ccccc4c3c2)cc1. The largest absolute Gasteiger partial charge is 0.355 e. The Hall–Kier alpha value is -2.61. The second-order valence-corrected chi connectivity index (χ2v) is 5.18. The van der Waals surface area contributed by atoms with Crippen LogP contribution in [-0.4, -0.2) is 4.98 Å². The zero-order valence-electron chi connectivity index (χ0n) is 11.3. The highest BCUT2D eigenvalue weighted by Gasteiger charge is 2.09. The van der Waals surface area contributed by atoms with E-state index in [9.17, 15) is 0 Å². The van der Waals surface area contributed by atoms with Gasteiger partial charge < -0.3 is 4.98 Å². The first kappa shape index (κ1) is 11.2. The van der Waals surface area contributed by atoms with Gasteiger partial charge in [-0.1, -0.05) is 18.2 Å². The molecule has 0 amide bonds. The molecule has 4 aromatic rings. The highest BCUT2D eigenvalue weighted by atomic mass is 14.9. The van der Waals surface area contributed by atoms with Crippen molar-refractivity contribution >= 4 is 21.8 Å². The number of hydrogen-bond acceptors (Lipinski definition) is 0. The van der Waals surface area contributed by atoms with Crippen LogP contribution in [0.5, 0.6) is 0 Å². The molecule has 0 radical (unpaired) electrons. The van der Waals surface area contributed by atoms with Crippen LogP contribution in [0.1, 0.15) is 5.56 Å². The minimum atomic E-state index is 1.18. The Morgan fingerprint density at radius 3 is 2.40 bits per heavy atom. The number of para-hydroxylation sites is 1. The molecule has 0 saturated carbocycles. The van der Waals surface area contributed by atoms with Crippen LogP contribution in [-0.2, 0) is 0 Å². The number of fused-ring (bicyclic) bond motifs is 3. The van der Waals surface area contributed by atoms with Crippen molar-refractivity contribution in [3.8, 4) is 5.69 Å². The molecule has 0 unspecified atom stereocenters. The van der Waals surface area contributed by atoms with Crippen LogP contribution >= 0.6 is 0 Å². The van der Waals surface area contributed by atoms with Gasteiger partial charge in [0.15, 0.2) is 12.4 Å². The fourth-order valence-corrected chi connectivity index (χ4v) is 2.67. The highest BCUT2D eigenvalue weighted by molar-refractivity contribution is 6.07. The third-order valence-electron chi connectivity index (χ3n) is 3.78. The van der Waals surface area contributed by atoms with E-state index in [1.54, 1.807) is 0 Å². The zero-order chi connectivity index (χ0) is 13.5. The zero-order valence-corrected chi connectivity index (χ0v) is 11.3. The quantitative estimate of drug-likeness (QED) is 0.500. The van der Waals surface area contributed by atoms with E-state index in [2.05, 4.69) is 83.5 Å². The van der Waals surface area contributed by atoms with E-state index >= 15 is 0 Å². The van der Waals surface area contributed by atoms with E-state index in [0.717, 1.165) is 0 Å². The van der Waals surface area contributed by atoms with Gasteiger partial charge in [0.1, 0.15) is 0 Å². The number of H-pyrrole nitrogens is 1. The molecule has 0 atom stereocenters. The maximum Gasteiger partial charge on any atom is 0.211 e. The molecule has 96 valence electrons. The Labute approximate surface area is 117 Å². The standard InChI is InChI=1S/C18H15N2/c1-13-8-10-20(11-9-13)14-6-7-18-16(12-14)15-4-2-3-5-17(15)19-18/h2-12,19H,1H3/q+1. The summed E-state index contributed by atoms with van der Waals surface area (Å²) in [6, 6.07) is 19.2. The minimum Gasteiger partial charge on any atom is -0.355 e. The number of aromatic amines is 1. The third kappa shape index (κ3) is 1.69. The van der Waals surface area contributed by atoms with Crippen molar-refractivity contribution in [1.82, 2.24) is 4.98 Å². The first-order valence-electron chi connectivity index (χ1n) is 6.80. The number of aryl methyl sites for hydroxylation is 1. The van der Waals surface area contributed by atoms with Crippen LogP contribution in [0, 0.1) is 6.92 Å². The Balaban J connectivity index is 1.97. The number of rotatable bonds is 1. The summed E-state index contributed by atoms with van der Waals surface area (Å²) in [6.07, 6.45) is 4.21. The van der Waals surface area contributed by atoms with Crippen molar-refractivity contribution in [3.63, 3.8) is 0 Å². The predicted molar refractivity (Wildman–Crippen MR) is 82.1 cm³/mol. The maximum absolute atomic E-state index is 3.46. The molecular formula is C18H15N2+. The van der Waals surface area contributed by atoms with Gasteiger partial charge in [-0.05, 0) is 24.6 Å². The minimum absolute atomic E-state index is 1.18. The molecule has 0 aliphatic carbocycles. The number of nitrogens with one attached hydrogen (secondary N) is 1. The van der Waals surface area contributed by atoms with E-state index in [0.29, 0.717) is 0 Å². The number of pyridine rings is 1. The maximum atomic E-state index is 3.46. The van der Waals surface area contributed by atoms with Crippen LogP contribution < -0.4 is 4.57 Å². The van der Waals surface area contributed by atoms with Crippen molar-refractivity contribution in [3.05, 3.63) is 72.6 Å². The van der Waals surface area contributed by atoms with E-state index in [4.69, 9.17) is 0 Å². The van der Waals surface area contributed by atoms with Crippen LogP contribution in [0.2, 0.25) is 0 Å². The average Bonchev–Trinajstić information content (AvgIpc) is 2.86. The fraction of sp³-hybridized carbons (Fsp3) is 0.0556. The molecule has 2 heterocycles. The monoisotopic (exact) mass is 259 g/mol. The Morgan fingerprint density at radius 2 is 1.55 bits per heavy atom. The normalized spacial score (nSPS) is 11.2. The number of aromatic nitrogens is 2. The summed E-state index contributed by atoms with van der Waals surface area (Å²) in [5, 5.41) is 2.54. The average molecular weight is 259 g/mol. The lowest BCUT2D eigenvalue weighted by atomic mass is 10.1. The molecule has 0 aliphatic heterocycles. The predicted octanol–water partition coefficient (Wildman–Crippen LogP) is 3.91. The topological polar surface area (TPSA) is 19.7 Å². The highest BCUT2D eigenvalue weighted by Crippen LogP contribution is 2.25. The van der Waals surface area contributed by atoms with Gasteiger partial charge in [-0.2, -0.15) is 4.57 Å². The summed E-state index contributed by atoms with van der Waals surface area (Å²) in [5.41, 5.74) is 4.83. The Morgan fingerprint density at radius 1 is 0.800 bits per heavy atom. The molecule has 2 aromatic heterocycles. The fourth-order valence-electron chi connectivity index (χ4n) is 2.67. The summed E-state index contributed by atoms with van der Waals surface area (Å²) < 4.78 is 2.15. The van der Waals surface area contributed by atoms with Gasteiger partial charge in [0.25, 0.3) is 0 Å². The molecule has 2 aromatic carbocycles. The second kappa shape index (κ2) is 4.20. The van der Waals surface area contributed by atoms with E-state index in [1.165, 1.54) is 33.1 Å². The third-order valence-corrected chi connectivity index (χ3v) is 3.78. The summed E-state index contributed by atoms with van der Waals surface area (Å²) >= 11 is 0. The lowest BCUT2D eigenvalue weighted by Crippen LogP contribution is -2.29. The molecule has 2 heteroatoms. The van der Waals surface area contributed by atoms with Crippen LogP contribution in [0.25, 0.3) is 27.5 Å². The molecule has 4 rings (SSSR count). The number of benzene rings is 2. The first-order chi connectivity index (χ1) is 9.81. The second-order valence-electron chi connectivity index (χ2n) is 5.18. The van der Waals surface area contributed by atoms with Crippen molar-refractivity contribution < 1.29 is 4.57 Å². The molecule has 0 aliphatic rings. The van der Waals surface area contributed by atoms with Gasteiger partial charge in [0.2, 0.25) is 5.69 Å². The molecule has 0 spiro atoms. The Bertz CT molecular complexity index is 902. The van der Waals surface area contributed by atoms with Crippen molar-refractivity contribution in [1.29, 1.82) is 0 Å². The number of nitrogens with zero attached hydrogens (tertiary/aromatic N) is 1. The summed E-state index contributed by atoms with van der Waals surface area (Å²) in [4.78, 5) is 3.46. The lowest BCUT2D eigenvalue weighted by molar-refractivity contribution is -0.595. The molecule has 0 saturated heterocycles. The molecule has 20 heavy (non-hydrogen) atoms. The molecule has 2 nitrogen and oxygen atoms in total. The lowest BCUT2D eigenvalue weighted by Gasteiger charge is -1.97. The van der Waals surface area contributed by atoms with Crippen LogP contribution in [0.4, 0.5) is 0 Å². The van der Waals surface area contributed by atoms with Gasteiger partial charge in [0.05, 0.1) is 0 Å². The molecule has 1 N–H and O–H groups in total. The van der Waals surface area contributed by atoms with E-state index < -0.39 is 0 Å². The summed E-state index contributed by atoms with van der Waals surface area (Å²) in [6.45, 7) is 2.10. The van der Waals surface area contributed by atoms with Gasteiger partial charge in [-0.25, -0.2) is 0 Å². The summed E-state index contributed by atoms with van der Waals surface area (Å²) in [7, 11) is 0. The van der Waals surface area contributed by atoms with Gasteiger partial charge in [-0.15, -0.1) is 0 Å². The Kier molecular flexibility index (Phi) is 2.36. The number of hydrogen-bond donors (Lipinski definition) is 1. The van der Waals surface area contributed by atoms with Gasteiger partial charge >= 0.3 is 0 Å². The van der Waals surface area contributed by atoms with Crippen molar-refractivity contribution in [2.24, 2.45) is 0 Å². The summed E-state index contributed by atoms with van der Waals surface area (Å²) in [5.74, 6) is 0. The molecular weight excluding hydrogens is 244 g/mol. The smallest absolute Gasteiger partial charge is 0.211 e. The molecule has 0 bridgehead atoms. The molecule has 0 fully saturated rings. The van der Waals surface area contributed by atoms with E-state index in [1.807, 2.05) is 0 Å². The van der Waals surface area contributed by atoms with Crippen molar-refractivity contribution in [2.75, 3.05) is 0 Å². The van der Waals surface area contributed by atoms with Gasteiger partial charge in [0, 0.05) is 46.1 Å². The van der Waals surface area contributed by atoms with Crippen molar-refractivity contribution in [2.45, 2.75) is 6.92 Å². The van der Waals surface area contributed by atoms with E-state index in [-0.39, 0.29) is 0 Å². The van der Waals surface area contributed by atoms with Gasteiger partial charge in [-0.3, -0.25) is 0 Å².